The van der Waals surface area contributed by atoms with Crippen molar-refractivity contribution in [2.45, 2.75) is 13.8 Å². The summed E-state index contributed by atoms with van der Waals surface area (Å²) >= 11 is 0. The van der Waals surface area contributed by atoms with Crippen LogP contribution >= 0.6 is 0 Å². The van der Waals surface area contributed by atoms with E-state index < -0.39 is 5.97 Å². The van der Waals surface area contributed by atoms with E-state index in [0.29, 0.717) is 12.3 Å². The van der Waals surface area contributed by atoms with E-state index in [4.69, 9.17) is 9.94 Å². The fourth-order valence-electron chi connectivity index (χ4n) is 0.903. The molecule has 0 radical (unpaired) electrons. The lowest BCUT2D eigenvalue weighted by Gasteiger charge is -2.04. The normalized spacial score (nSPS) is 9.83. The van der Waals surface area contributed by atoms with Gasteiger partial charge in [0, 0.05) is 0 Å². The highest BCUT2D eigenvalue weighted by molar-refractivity contribution is 5.86. The molecule has 1 heterocycles. The second-order valence-electron chi connectivity index (χ2n) is 2.23. The van der Waals surface area contributed by atoms with E-state index in [-0.39, 0.29) is 5.69 Å². The van der Waals surface area contributed by atoms with Crippen molar-refractivity contribution in [3.8, 4) is 0 Å². The molecule has 5 nitrogen and oxygen atoms in total. The van der Waals surface area contributed by atoms with Gasteiger partial charge >= 0.3 is 5.97 Å². The second kappa shape index (κ2) is 3.25. The molecule has 0 atom stereocenters. The van der Waals surface area contributed by atoms with Crippen LogP contribution in [-0.2, 0) is 0 Å². The van der Waals surface area contributed by atoms with Gasteiger partial charge in [0.2, 0.25) is 0 Å². The number of carboxylic acids is 1. The van der Waals surface area contributed by atoms with Crippen molar-refractivity contribution in [2.75, 3.05) is 6.61 Å². The third-order valence-corrected chi connectivity index (χ3v) is 1.39. The van der Waals surface area contributed by atoms with Gasteiger partial charge in [-0.3, -0.25) is 0 Å². The van der Waals surface area contributed by atoms with Gasteiger partial charge in [-0.1, -0.05) is 0 Å². The zero-order valence-corrected chi connectivity index (χ0v) is 6.94. The fourth-order valence-corrected chi connectivity index (χ4v) is 0.903. The van der Waals surface area contributed by atoms with Crippen LogP contribution in [0, 0.1) is 6.92 Å². The third kappa shape index (κ3) is 1.39. The number of hydrogen-bond acceptors (Lipinski definition) is 3. The Balaban J connectivity index is 3.04. The van der Waals surface area contributed by atoms with Crippen LogP contribution in [0.2, 0.25) is 0 Å². The first-order chi connectivity index (χ1) is 5.66. The van der Waals surface area contributed by atoms with E-state index in [0.717, 1.165) is 4.73 Å². The number of carboxylic acid groups (broad SMARTS) is 1. The Labute approximate surface area is 69.6 Å². The van der Waals surface area contributed by atoms with Crippen LogP contribution in [0.4, 0.5) is 0 Å². The van der Waals surface area contributed by atoms with Crippen molar-refractivity contribution in [2.24, 2.45) is 0 Å². The molecular formula is C7H10N2O3. The largest absolute Gasteiger partial charge is 0.476 e. The Bertz CT molecular complexity index is 293. The first-order valence-corrected chi connectivity index (χ1v) is 3.57. The number of hydrogen-bond donors (Lipinski definition) is 1. The first-order valence-electron chi connectivity index (χ1n) is 3.57. The molecule has 0 saturated heterocycles. The van der Waals surface area contributed by atoms with Crippen molar-refractivity contribution in [1.82, 2.24) is 9.71 Å². The second-order valence-corrected chi connectivity index (χ2v) is 2.23. The molecule has 0 aromatic carbocycles. The number of nitrogens with zero attached hydrogens (tertiary/aromatic N) is 2. The fraction of sp³-hybridized carbons (Fsp3) is 0.429. The van der Waals surface area contributed by atoms with Crippen molar-refractivity contribution in [3.63, 3.8) is 0 Å². The highest BCUT2D eigenvalue weighted by Crippen LogP contribution is 2.03. The highest BCUT2D eigenvalue weighted by Gasteiger charge is 2.14. The van der Waals surface area contributed by atoms with E-state index >= 15 is 0 Å². The quantitative estimate of drug-likeness (QED) is 0.710. The monoisotopic (exact) mass is 170 g/mol. The van der Waals surface area contributed by atoms with E-state index in [9.17, 15) is 4.79 Å². The Hall–Kier alpha value is -1.52. The molecule has 0 spiro atoms. The molecule has 66 valence electrons. The maximum atomic E-state index is 10.6. The average Bonchev–Trinajstić information content (AvgIpc) is 2.32. The number of aromatic nitrogens is 2. The molecule has 0 bridgehead atoms. The van der Waals surface area contributed by atoms with Crippen LogP contribution in [0.1, 0.15) is 23.1 Å². The van der Waals surface area contributed by atoms with E-state index in [2.05, 4.69) is 4.98 Å². The summed E-state index contributed by atoms with van der Waals surface area (Å²) in [5.41, 5.74) is 0.535. The summed E-state index contributed by atoms with van der Waals surface area (Å²) in [6.45, 7) is 3.82. The Morgan fingerprint density at radius 2 is 2.50 bits per heavy atom. The summed E-state index contributed by atoms with van der Waals surface area (Å²) in [7, 11) is 0. The van der Waals surface area contributed by atoms with Crippen molar-refractivity contribution in [1.29, 1.82) is 0 Å². The van der Waals surface area contributed by atoms with Crippen LogP contribution < -0.4 is 4.84 Å². The molecule has 0 unspecified atom stereocenters. The summed E-state index contributed by atoms with van der Waals surface area (Å²) < 4.78 is 1.16. The number of aryl methyl sites for hydroxylation is 1. The lowest BCUT2D eigenvalue weighted by molar-refractivity contribution is 0.0606. The molecule has 5 heteroatoms. The number of rotatable bonds is 3. The van der Waals surface area contributed by atoms with Gasteiger partial charge in [0.25, 0.3) is 0 Å². The number of imidazole rings is 1. The van der Waals surface area contributed by atoms with Crippen molar-refractivity contribution >= 4 is 5.97 Å². The van der Waals surface area contributed by atoms with Gasteiger partial charge in [-0.25, -0.2) is 9.78 Å². The molecule has 0 fully saturated rings. The number of aromatic carboxylic acids is 1. The Morgan fingerprint density at radius 3 is 3.00 bits per heavy atom. The Morgan fingerprint density at radius 1 is 1.83 bits per heavy atom. The van der Waals surface area contributed by atoms with Gasteiger partial charge in [0.15, 0.2) is 5.69 Å². The van der Waals surface area contributed by atoms with E-state index in [1.54, 1.807) is 13.8 Å². The summed E-state index contributed by atoms with van der Waals surface area (Å²) in [5, 5.41) is 8.72. The SMILES string of the molecule is CCOn1cnc(C)c1C(=O)O. The zero-order valence-electron chi connectivity index (χ0n) is 6.94. The predicted molar refractivity (Wildman–Crippen MR) is 41.0 cm³/mol. The average molecular weight is 170 g/mol. The maximum Gasteiger partial charge on any atom is 0.357 e. The van der Waals surface area contributed by atoms with Gasteiger partial charge in [-0.05, 0) is 13.8 Å². The van der Waals surface area contributed by atoms with Crippen molar-refractivity contribution in [3.05, 3.63) is 17.7 Å². The summed E-state index contributed by atoms with van der Waals surface area (Å²) in [6.07, 6.45) is 1.35. The van der Waals surface area contributed by atoms with E-state index in [1.165, 1.54) is 6.33 Å². The van der Waals surface area contributed by atoms with Crippen LogP contribution in [0.25, 0.3) is 0 Å². The van der Waals surface area contributed by atoms with Crippen LogP contribution in [0.15, 0.2) is 6.33 Å². The topological polar surface area (TPSA) is 64.4 Å². The van der Waals surface area contributed by atoms with Crippen LogP contribution in [0.3, 0.4) is 0 Å². The van der Waals surface area contributed by atoms with Gasteiger partial charge < -0.3 is 9.94 Å². The molecule has 1 N–H and O–H groups in total. The number of carbonyl (C=O) groups is 1. The molecule has 0 amide bonds. The molecule has 12 heavy (non-hydrogen) atoms. The maximum absolute atomic E-state index is 10.6. The molecule has 1 aromatic rings. The van der Waals surface area contributed by atoms with Gasteiger partial charge in [0.1, 0.15) is 12.9 Å². The van der Waals surface area contributed by atoms with Crippen molar-refractivity contribution < 1.29 is 14.7 Å². The lowest BCUT2D eigenvalue weighted by atomic mass is 10.3. The molecular weight excluding hydrogens is 160 g/mol. The summed E-state index contributed by atoms with van der Waals surface area (Å²) in [6, 6.07) is 0. The molecule has 1 rings (SSSR count). The smallest absolute Gasteiger partial charge is 0.357 e. The molecule has 0 aliphatic rings. The molecule has 1 aromatic heterocycles. The predicted octanol–water partition coefficient (Wildman–Crippen LogP) is 0.338. The first kappa shape index (κ1) is 8.58. The molecule has 0 aliphatic carbocycles. The Kier molecular flexibility index (Phi) is 2.32. The van der Waals surface area contributed by atoms with Gasteiger partial charge in [0.05, 0.1) is 5.69 Å². The van der Waals surface area contributed by atoms with Gasteiger partial charge in [-0.15, -0.1) is 0 Å². The highest BCUT2D eigenvalue weighted by atomic mass is 16.7. The zero-order chi connectivity index (χ0) is 9.14. The van der Waals surface area contributed by atoms with Crippen LogP contribution in [0.5, 0.6) is 0 Å². The lowest BCUT2D eigenvalue weighted by Crippen LogP contribution is -2.16. The third-order valence-electron chi connectivity index (χ3n) is 1.39. The van der Waals surface area contributed by atoms with E-state index in [1.807, 2.05) is 0 Å². The summed E-state index contributed by atoms with van der Waals surface area (Å²) in [4.78, 5) is 19.4. The molecule has 0 saturated carbocycles. The standard InChI is InChI=1S/C7H10N2O3/c1-3-12-9-4-8-5(2)6(9)7(10)11/h4H,3H2,1-2H3,(H,10,11). The molecule has 0 aliphatic heterocycles. The minimum Gasteiger partial charge on any atom is -0.476 e. The van der Waals surface area contributed by atoms with Gasteiger partial charge in [-0.2, -0.15) is 4.73 Å². The minimum atomic E-state index is -1.03. The summed E-state index contributed by atoms with van der Waals surface area (Å²) in [5.74, 6) is -1.03. The van der Waals surface area contributed by atoms with Crippen LogP contribution in [-0.4, -0.2) is 27.4 Å². The minimum absolute atomic E-state index is 0.0804.